The molecule has 1 aliphatic rings. The van der Waals surface area contributed by atoms with Gasteiger partial charge >= 0.3 is 0 Å². The normalized spacial score (nSPS) is 15.2. The molecule has 150 valence electrons. The van der Waals surface area contributed by atoms with Gasteiger partial charge in [-0.25, -0.2) is 8.42 Å². The Hall–Kier alpha value is -2.49. The van der Waals surface area contributed by atoms with Gasteiger partial charge in [0.1, 0.15) is 10.6 Å². The summed E-state index contributed by atoms with van der Waals surface area (Å²) in [5.74, 6) is -0.128. The van der Waals surface area contributed by atoms with Crippen molar-refractivity contribution < 1.29 is 22.7 Å². The number of morpholine rings is 1. The Morgan fingerprint density at radius 1 is 1.21 bits per heavy atom. The van der Waals surface area contributed by atoms with Crippen molar-refractivity contribution in [1.29, 1.82) is 0 Å². The fraction of sp³-hybridized carbons (Fsp3) is 0.368. The predicted molar refractivity (Wildman–Crippen MR) is 104 cm³/mol. The maximum absolute atomic E-state index is 13.1. The molecule has 1 aromatic carbocycles. The van der Waals surface area contributed by atoms with E-state index in [1.165, 1.54) is 28.4 Å². The first-order valence-corrected chi connectivity index (χ1v) is 10.3. The standard InChI is InChI=1S/C19H23N3O5S/c1-14-12-16(6-7-20-14)21(2)19(23)15-4-5-17(26-3)18(13-15)28(24,25)22-8-10-27-11-9-22/h4-7,12-13H,8-11H2,1-3H3. The molecule has 1 amide bonds. The Labute approximate surface area is 164 Å². The second kappa shape index (κ2) is 8.26. The zero-order chi connectivity index (χ0) is 20.3. The predicted octanol–water partition coefficient (Wildman–Crippen LogP) is 1.70. The zero-order valence-corrected chi connectivity index (χ0v) is 16.9. The highest BCUT2D eigenvalue weighted by molar-refractivity contribution is 7.89. The molecule has 0 bridgehead atoms. The number of ether oxygens (including phenoxy) is 2. The van der Waals surface area contributed by atoms with Crippen LogP contribution in [0.4, 0.5) is 5.69 Å². The molecule has 3 rings (SSSR count). The molecule has 2 aromatic rings. The Bertz CT molecular complexity index is 971. The Morgan fingerprint density at radius 2 is 1.93 bits per heavy atom. The summed E-state index contributed by atoms with van der Waals surface area (Å²) in [6.45, 7) is 3.04. The number of amides is 1. The first-order valence-electron chi connectivity index (χ1n) is 8.81. The number of carbonyl (C=O) groups is 1. The van der Waals surface area contributed by atoms with E-state index in [1.54, 1.807) is 31.4 Å². The lowest BCUT2D eigenvalue weighted by Gasteiger charge is -2.27. The monoisotopic (exact) mass is 405 g/mol. The number of methoxy groups -OCH3 is 1. The van der Waals surface area contributed by atoms with Gasteiger partial charge in [-0.3, -0.25) is 9.78 Å². The van der Waals surface area contributed by atoms with E-state index in [4.69, 9.17) is 9.47 Å². The molecule has 0 saturated carbocycles. The van der Waals surface area contributed by atoms with E-state index in [1.807, 2.05) is 6.92 Å². The molecule has 8 nitrogen and oxygen atoms in total. The van der Waals surface area contributed by atoms with Crippen molar-refractivity contribution in [2.24, 2.45) is 0 Å². The summed E-state index contributed by atoms with van der Waals surface area (Å²) in [4.78, 5) is 18.5. The summed E-state index contributed by atoms with van der Waals surface area (Å²) < 4.78 is 38.0. The Balaban J connectivity index is 1.97. The Morgan fingerprint density at radius 3 is 2.57 bits per heavy atom. The molecule has 2 heterocycles. The van der Waals surface area contributed by atoms with Gasteiger partial charge in [-0.15, -0.1) is 0 Å². The maximum atomic E-state index is 13.1. The third-order valence-electron chi connectivity index (χ3n) is 4.57. The fourth-order valence-electron chi connectivity index (χ4n) is 2.99. The molecule has 28 heavy (non-hydrogen) atoms. The first-order chi connectivity index (χ1) is 13.3. The van der Waals surface area contributed by atoms with Crippen LogP contribution in [0.3, 0.4) is 0 Å². The van der Waals surface area contributed by atoms with E-state index >= 15 is 0 Å². The molecule has 0 atom stereocenters. The van der Waals surface area contributed by atoms with Gasteiger partial charge in [0.15, 0.2) is 0 Å². The topological polar surface area (TPSA) is 89.0 Å². The van der Waals surface area contributed by atoms with Crippen molar-refractivity contribution >= 4 is 21.6 Å². The number of carbonyl (C=O) groups excluding carboxylic acids is 1. The molecular weight excluding hydrogens is 382 g/mol. The highest BCUT2D eigenvalue weighted by Gasteiger charge is 2.30. The zero-order valence-electron chi connectivity index (χ0n) is 16.1. The van der Waals surface area contributed by atoms with Gasteiger partial charge in [0, 0.05) is 43.3 Å². The van der Waals surface area contributed by atoms with Crippen LogP contribution in [-0.2, 0) is 14.8 Å². The van der Waals surface area contributed by atoms with Gasteiger partial charge in [0.05, 0.1) is 20.3 Å². The maximum Gasteiger partial charge on any atom is 0.258 e. The second-order valence-corrected chi connectivity index (χ2v) is 8.31. The van der Waals surface area contributed by atoms with Gasteiger partial charge in [0.2, 0.25) is 10.0 Å². The van der Waals surface area contributed by atoms with Crippen molar-refractivity contribution in [3.05, 3.63) is 47.8 Å². The number of aryl methyl sites for hydroxylation is 1. The molecule has 0 unspecified atom stereocenters. The van der Waals surface area contributed by atoms with Crippen LogP contribution in [0, 0.1) is 6.92 Å². The smallest absolute Gasteiger partial charge is 0.258 e. The van der Waals surface area contributed by atoms with Crippen LogP contribution in [-0.4, -0.2) is 64.1 Å². The van der Waals surface area contributed by atoms with Gasteiger partial charge in [-0.1, -0.05) is 0 Å². The summed E-state index contributed by atoms with van der Waals surface area (Å²) >= 11 is 0. The molecule has 0 N–H and O–H groups in total. The third-order valence-corrected chi connectivity index (χ3v) is 6.49. The minimum absolute atomic E-state index is 0.0259. The number of rotatable bonds is 5. The molecule has 1 saturated heterocycles. The fourth-order valence-corrected chi connectivity index (χ4v) is 4.58. The van der Waals surface area contributed by atoms with Crippen LogP contribution in [0.1, 0.15) is 16.1 Å². The van der Waals surface area contributed by atoms with Crippen molar-refractivity contribution in [3.63, 3.8) is 0 Å². The number of anilines is 1. The quantitative estimate of drug-likeness (QED) is 0.752. The van der Waals surface area contributed by atoms with Crippen LogP contribution in [0.25, 0.3) is 0 Å². The molecule has 1 fully saturated rings. The number of hydrogen-bond acceptors (Lipinski definition) is 6. The van der Waals surface area contributed by atoms with E-state index in [-0.39, 0.29) is 35.2 Å². The summed E-state index contributed by atoms with van der Waals surface area (Å²) in [6.07, 6.45) is 1.62. The van der Waals surface area contributed by atoms with E-state index in [0.717, 1.165) is 5.69 Å². The van der Waals surface area contributed by atoms with Gasteiger partial charge < -0.3 is 14.4 Å². The summed E-state index contributed by atoms with van der Waals surface area (Å²) in [7, 11) is -0.770. The van der Waals surface area contributed by atoms with Crippen molar-refractivity contribution in [1.82, 2.24) is 9.29 Å². The van der Waals surface area contributed by atoms with Crippen molar-refractivity contribution in [2.75, 3.05) is 45.4 Å². The van der Waals surface area contributed by atoms with Gasteiger partial charge in [-0.2, -0.15) is 4.31 Å². The lowest BCUT2D eigenvalue weighted by molar-refractivity contribution is 0.0729. The lowest BCUT2D eigenvalue weighted by Crippen LogP contribution is -2.40. The average molecular weight is 405 g/mol. The van der Waals surface area contributed by atoms with Gasteiger partial charge in [-0.05, 0) is 37.3 Å². The minimum Gasteiger partial charge on any atom is -0.495 e. The lowest BCUT2D eigenvalue weighted by atomic mass is 10.2. The molecular formula is C19H23N3O5S. The average Bonchev–Trinajstić information content (AvgIpc) is 2.72. The van der Waals surface area contributed by atoms with Gasteiger partial charge in [0.25, 0.3) is 5.91 Å². The summed E-state index contributed by atoms with van der Waals surface area (Å²) in [5, 5.41) is 0. The highest BCUT2D eigenvalue weighted by atomic mass is 32.2. The van der Waals surface area contributed by atoms with E-state index < -0.39 is 10.0 Å². The van der Waals surface area contributed by atoms with Crippen molar-refractivity contribution in [2.45, 2.75) is 11.8 Å². The molecule has 0 spiro atoms. The molecule has 0 radical (unpaired) electrons. The number of aromatic nitrogens is 1. The van der Waals surface area contributed by atoms with Crippen LogP contribution >= 0.6 is 0 Å². The number of pyridine rings is 1. The SMILES string of the molecule is COc1ccc(C(=O)N(C)c2ccnc(C)c2)cc1S(=O)(=O)N1CCOCC1. The van der Waals surface area contributed by atoms with Crippen LogP contribution in [0.2, 0.25) is 0 Å². The number of benzene rings is 1. The number of hydrogen-bond donors (Lipinski definition) is 0. The number of sulfonamides is 1. The van der Waals surface area contributed by atoms with Crippen LogP contribution < -0.4 is 9.64 Å². The first kappa shape index (κ1) is 20.2. The highest BCUT2D eigenvalue weighted by Crippen LogP contribution is 2.29. The summed E-state index contributed by atoms with van der Waals surface area (Å²) in [5.41, 5.74) is 1.71. The van der Waals surface area contributed by atoms with Crippen molar-refractivity contribution in [3.8, 4) is 5.75 Å². The minimum atomic E-state index is -3.81. The number of nitrogens with zero attached hydrogens (tertiary/aromatic N) is 3. The third kappa shape index (κ3) is 4.01. The van der Waals surface area contributed by atoms with Crippen LogP contribution in [0.15, 0.2) is 41.4 Å². The molecule has 0 aliphatic carbocycles. The van der Waals surface area contributed by atoms with E-state index in [0.29, 0.717) is 18.9 Å². The second-order valence-electron chi connectivity index (χ2n) is 6.40. The molecule has 1 aliphatic heterocycles. The van der Waals surface area contributed by atoms with E-state index in [2.05, 4.69) is 4.98 Å². The molecule has 9 heteroatoms. The van der Waals surface area contributed by atoms with E-state index in [9.17, 15) is 13.2 Å². The summed E-state index contributed by atoms with van der Waals surface area (Å²) in [6, 6.07) is 7.94. The molecule has 1 aromatic heterocycles. The Kier molecular flexibility index (Phi) is 5.97. The van der Waals surface area contributed by atoms with Crippen LogP contribution in [0.5, 0.6) is 5.75 Å². The largest absolute Gasteiger partial charge is 0.495 e.